The van der Waals surface area contributed by atoms with E-state index in [1.54, 1.807) is 44.2 Å². The van der Waals surface area contributed by atoms with E-state index in [4.69, 9.17) is 9.47 Å². The molecule has 0 saturated carbocycles. The van der Waals surface area contributed by atoms with E-state index < -0.39 is 11.9 Å². The van der Waals surface area contributed by atoms with Crippen molar-refractivity contribution in [3.63, 3.8) is 0 Å². The van der Waals surface area contributed by atoms with Gasteiger partial charge >= 0.3 is 11.9 Å². The van der Waals surface area contributed by atoms with Crippen LogP contribution in [0.1, 0.15) is 19.4 Å². The summed E-state index contributed by atoms with van der Waals surface area (Å²) in [4.78, 5) is 23.5. The van der Waals surface area contributed by atoms with Crippen LogP contribution in [0.3, 0.4) is 0 Å². The van der Waals surface area contributed by atoms with Gasteiger partial charge in [0.1, 0.15) is 11.5 Å². The van der Waals surface area contributed by atoms with E-state index in [1.807, 2.05) is 48.6 Å². The normalized spacial score (nSPS) is 10.5. The molecule has 0 aliphatic carbocycles. The zero-order chi connectivity index (χ0) is 24.7. The second kappa shape index (κ2) is 10.9. The molecule has 0 amide bonds. The number of hydrogen-bond acceptors (Lipinski definition) is 4. The van der Waals surface area contributed by atoms with Crippen LogP contribution < -0.4 is 9.47 Å². The fourth-order valence-corrected chi connectivity index (χ4v) is 3.12. The van der Waals surface area contributed by atoms with Gasteiger partial charge in [0, 0.05) is 11.1 Å². The predicted molar refractivity (Wildman–Crippen MR) is 137 cm³/mol. The molecule has 3 aromatic rings. The molecule has 3 rings (SSSR count). The van der Waals surface area contributed by atoms with Crippen molar-refractivity contribution >= 4 is 18.0 Å². The molecule has 0 aliphatic heterocycles. The highest BCUT2D eigenvalue weighted by atomic mass is 16.5. The Labute approximate surface area is 200 Å². The van der Waals surface area contributed by atoms with Gasteiger partial charge < -0.3 is 9.47 Å². The maximum absolute atomic E-state index is 11.7. The third-order valence-corrected chi connectivity index (χ3v) is 4.93. The molecule has 0 N–H and O–H groups in total. The average molecular weight is 451 g/mol. The van der Waals surface area contributed by atoms with Crippen LogP contribution in [0.25, 0.3) is 28.3 Å². The lowest BCUT2D eigenvalue weighted by atomic mass is 9.94. The Hall–Kier alpha value is -4.44. The minimum atomic E-state index is -0.452. The highest BCUT2D eigenvalue weighted by Gasteiger charge is 2.10. The fraction of sp³-hybridized carbons (Fsp3) is 0.0667. The van der Waals surface area contributed by atoms with Gasteiger partial charge in [-0.3, -0.25) is 0 Å². The molecule has 0 unspecified atom stereocenters. The number of hydrogen-bond donors (Lipinski definition) is 0. The molecule has 0 spiro atoms. The standard InChI is InChI=1S/C30H26O4/c1-6-7-8-25-19-24(22-9-14-26(15-10-22)33-29(31)20(2)3)13-18-28(25)23-11-16-27(17-12-23)34-30(32)21(4)5/h6-19H,1-2,4H2,3,5H3/b8-7+. The van der Waals surface area contributed by atoms with Gasteiger partial charge in [0.2, 0.25) is 0 Å². The molecule has 4 heteroatoms. The minimum absolute atomic E-state index is 0.346. The second-order valence-corrected chi connectivity index (χ2v) is 7.79. The van der Waals surface area contributed by atoms with Crippen molar-refractivity contribution in [2.45, 2.75) is 13.8 Å². The Morgan fingerprint density at radius 2 is 1.18 bits per heavy atom. The van der Waals surface area contributed by atoms with Crippen molar-refractivity contribution in [2.75, 3.05) is 0 Å². The summed E-state index contributed by atoms with van der Waals surface area (Å²) >= 11 is 0. The molecule has 0 heterocycles. The van der Waals surface area contributed by atoms with Crippen LogP contribution in [0.2, 0.25) is 0 Å². The van der Waals surface area contributed by atoms with Gasteiger partial charge in [0.05, 0.1) is 0 Å². The lowest BCUT2D eigenvalue weighted by Crippen LogP contribution is -2.07. The molecule has 3 aromatic carbocycles. The van der Waals surface area contributed by atoms with Gasteiger partial charge in [0.25, 0.3) is 0 Å². The predicted octanol–water partition coefficient (Wildman–Crippen LogP) is 7.18. The van der Waals surface area contributed by atoms with Crippen LogP contribution in [0.5, 0.6) is 11.5 Å². The maximum atomic E-state index is 11.7. The molecular formula is C30H26O4. The largest absolute Gasteiger partial charge is 0.423 e. The molecule has 0 saturated heterocycles. The molecule has 170 valence electrons. The van der Waals surface area contributed by atoms with E-state index >= 15 is 0 Å². The molecule has 34 heavy (non-hydrogen) atoms. The smallest absolute Gasteiger partial charge is 0.338 e. The van der Waals surface area contributed by atoms with Crippen LogP contribution >= 0.6 is 0 Å². The summed E-state index contributed by atoms with van der Waals surface area (Å²) < 4.78 is 10.6. The van der Waals surface area contributed by atoms with Gasteiger partial charge in [-0.25, -0.2) is 9.59 Å². The van der Waals surface area contributed by atoms with Crippen LogP contribution in [-0.4, -0.2) is 11.9 Å². The van der Waals surface area contributed by atoms with Crippen molar-refractivity contribution in [1.82, 2.24) is 0 Å². The summed E-state index contributed by atoms with van der Waals surface area (Å²) in [6.07, 6.45) is 5.59. The van der Waals surface area contributed by atoms with Gasteiger partial charge in [-0.15, -0.1) is 0 Å². The average Bonchev–Trinajstić information content (AvgIpc) is 2.83. The first kappa shape index (κ1) is 24.2. The van der Waals surface area contributed by atoms with Gasteiger partial charge in [0.15, 0.2) is 0 Å². The number of benzene rings is 3. The van der Waals surface area contributed by atoms with Crippen LogP contribution in [0, 0.1) is 0 Å². The highest BCUT2D eigenvalue weighted by molar-refractivity contribution is 5.89. The van der Waals surface area contributed by atoms with Gasteiger partial charge in [-0.2, -0.15) is 0 Å². The number of allylic oxidation sites excluding steroid dienone is 2. The SMILES string of the molecule is C=C/C=C/c1cc(-c2ccc(OC(=O)C(=C)C)cc2)ccc1-c1ccc(OC(=O)C(=C)C)cc1. The molecule has 0 bridgehead atoms. The third kappa shape index (κ3) is 6.08. The summed E-state index contributed by atoms with van der Waals surface area (Å²) in [6, 6.07) is 20.8. The summed E-state index contributed by atoms with van der Waals surface area (Å²) in [5.41, 5.74) is 5.69. The Morgan fingerprint density at radius 1 is 0.706 bits per heavy atom. The molecular weight excluding hydrogens is 424 g/mol. The molecule has 0 fully saturated rings. The zero-order valence-electron chi connectivity index (χ0n) is 19.3. The Morgan fingerprint density at radius 3 is 1.65 bits per heavy atom. The van der Waals surface area contributed by atoms with E-state index in [9.17, 15) is 9.59 Å². The summed E-state index contributed by atoms with van der Waals surface area (Å²) in [5.74, 6) is 0.0260. The lowest BCUT2D eigenvalue weighted by Gasteiger charge is -2.12. The van der Waals surface area contributed by atoms with Crippen molar-refractivity contribution in [1.29, 1.82) is 0 Å². The quantitative estimate of drug-likeness (QED) is 0.158. The molecule has 4 nitrogen and oxygen atoms in total. The van der Waals surface area contributed by atoms with Crippen molar-refractivity contribution in [2.24, 2.45) is 0 Å². The Kier molecular flexibility index (Phi) is 7.78. The minimum Gasteiger partial charge on any atom is -0.423 e. The molecule has 0 radical (unpaired) electrons. The summed E-state index contributed by atoms with van der Waals surface area (Å²) in [5, 5.41) is 0. The van der Waals surface area contributed by atoms with E-state index in [0.29, 0.717) is 22.6 Å². The molecule has 0 aromatic heterocycles. The lowest BCUT2D eigenvalue weighted by molar-refractivity contribution is -0.130. The monoisotopic (exact) mass is 450 g/mol. The van der Waals surface area contributed by atoms with Crippen LogP contribution in [-0.2, 0) is 9.59 Å². The van der Waals surface area contributed by atoms with Gasteiger partial charge in [-0.05, 0) is 72.0 Å². The van der Waals surface area contributed by atoms with E-state index in [2.05, 4.69) is 25.8 Å². The van der Waals surface area contributed by atoms with Gasteiger partial charge in [-0.1, -0.05) is 74.4 Å². The Balaban J connectivity index is 1.90. The zero-order valence-corrected chi connectivity index (χ0v) is 19.3. The second-order valence-electron chi connectivity index (χ2n) is 7.79. The number of esters is 2. The van der Waals surface area contributed by atoms with E-state index in [0.717, 1.165) is 27.8 Å². The number of rotatable bonds is 8. The first-order valence-corrected chi connectivity index (χ1v) is 10.7. The first-order valence-electron chi connectivity index (χ1n) is 10.7. The summed E-state index contributed by atoms with van der Waals surface area (Å²) in [7, 11) is 0. The maximum Gasteiger partial charge on any atom is 0.338 e. The number of carbonyl (C=O) groups is 2. The summed E-state index contributed by atoms with van der Waals surface area (Å²) in [6.45, 7) is 14.2. The van der Waals surface area contributed by atoms with Crippen LogP contribution in [0.4, 0.5) is 0 Å². The molecule has 0 atom stereocenters. The highest BCUT2D eigenvalue weighted by Crippen LogP contribution is 2.32. The van der Waals surface area contributed by atoms with E-state index in [1.165, 1.54) is 0 Å². The van der Waals surface area contributed by atoms with E-state index in [-0.39, 0.29) is 0 Å². The fourth-order valence-electron chi connectivity index (χ4n) is 3.12. The third-order valence-electron chi connectivity index (χ3n) is 4.93. The first-order chi connectivity index (χ1) is 16.3. The van der Waals surface area contributed by atoms with Crippen molar-refractivity contribution in [3.05, 3.63) is 115 Å². The number of ether oxygens (including phenoxy) is 2. The Bertz CT molecular complexity index is 1280. The topological polar surface area (TPSA) is 52.6 Å². The van der Waals surface area contributed by atoms with Crippen molar-refractivity contribution < 1.29 is 19.1 Å². The number of carbonyl (C=O) groups excluding carboxylic acids is 2. The van der Waals surface area contributed by atoms with Crippen molar-refractivity contribution in [3.8, 4) is 33.8 Å². The molecule has 0 aliphatic rings. The van der Waals surface area contributed by atoms with Crippen LogP contribution in [0.15, 0.2) is 110 Å².